The maximum absolute atomic E-state index is 14.6. The van der Waals surface area contributed by atoms with Crippen LogP contribution in [0, 0.1) is 11.7 Å². The quantitative estimate of drug-likeness (QED) is 0.305. The number of thiol groups is 1. The number of likely N-dealkylation sites (N-methyl/N-ethyl adjacent to an activating group) is 1. The Labute approximate surface area is 196 Å². The Morgan fingerprint density at radius 2 is 2.06 bits per heavy atom. The van der Waals surface area contributed by atoms with Crippen LogP contribution >= 0.6 is 12.6 Å². The highest BCUT2D eigenvalue weighted by Gasteiger charge is 2.40. The largest absolute Gasteiger partial charge is 0.466 e. The van der Waals surface area contributed by atoms with E-state index in [0.717, 1.165) is 45.3 Å². The Morgan fingerprint density at radius 1 is 1.31 bits per heavy atom. The molecule has 32 heavy (non-hydrogen) atoms. The zero-order valence-corrected chi connectivity index (χ0v) is 20.0. The van der Waals surface area contributed by atoms with E-state index in [1.807, 2.05) is 14.0 Å². The molecule has 2 unspecified atom stereocenters. The summed E-state index contributed by atoms with van der Waals surface area (Å²) in [5.41, 5.74) is 1.65. The van der Waals surface area contributed by atoms with Gasteiger partial charge in [-0.25, -0.2) is 4.39 Å². The smallest absolute Gasteiger partial charge is 0.305 e. The second-order valence-corrected chi connectivity index (χ2v) is 9.45. The maximum atomic E-state index is 14.6. The molecule has 0 aromatic heterocycles. The lowest BCUT2D eigenvalue weighted by atomic mass is 9.93. The molecule has 176 valence electrons. The summed E-state index contributed by atoms with van der Waals surface area (Å²) in [5, 5.41) is 0.136. The van der Waals surface area contributed by atoms with Crippen LogP contribution in [0.4, 0.5) is 4.39 Å². The molecule has 1 aromatic rings. The Hall–Kier alpha value is -1.70. The van der Waals surface area contributed by atoms with Crippen molar-refractivity contribution in [1.29, 1.82) is 0 Å². The van der Waals surface area contributed by atoms with E-state index in [-0.39, 0.29) is 28.7 Å². The predicted octanol–water partition coefficient (Wildman–Crippen LogP) is 4.05. The van der Waals surface area contributed by atoms with Crippen LogP contribution in [0.2, 0.25) is 0 Å². The maximum Gasteiger partial charge on any atom is 0.305 e. The van der Waals surface area contributed by atoms with Gasteiger partial charge in [-0.05, 0) is 57.8 Å². The fourth-order valence-corrected chi connectivity index (χ4v) is 4.52. The molecule has 1 saturated carbocycles. The van der Waals surface area contributed by atoms with Crippen LogP contribution in [0.25, 0.3) is 0 Å². The van der Waals surface area contributed by atoms with Crippen LogP contribution < -0.4 is 0 Å². The van der Waals surface area contributed by atoms with Gasteiger partial charge in [0.2, 0.25) is 0 Å². The molecule has 5 nitrogen and oxygen atoms in total. The Morgan fingerprint density at radius 3 is 2.75 bits per heavy atom. The average Bonchev–Trinajstić information content (AvgIpc) is 3.61. The Balaban J connectivity index is 1.64. The molecular weight excluding hydrogens is 427 g/mol. The minimum Gasteiger partial charge on any atom is -0.466 e. The number of Topliss-reactive ketones (excluding diaryl/α,β-unsaturated/α-hetero) is 1. The molecule has 2 fully saturated rings. The highest BCUT2D eigenvalue weighted by molar-refractivity contribution is 7.81. The number of halogens is 1. The number of carbonyl (C=O) groups is 2. The monoisotopic (exact) mass is 462 g/mol. The summed E-state index contributed by atoms with van der Waals surface area (Å²) < 4.78 is 19.6. The number of likely N-dealkylation sites (tertiary alicyclic amines) is 1. The van der Waals surface area contributed by atoms with Gasteiger partial charge in [0.1, 0.15) is 5.82 Å². The lowest BCUT2D eigenvalue weighted by molar-refractivity contribution is -0.143. The SMILES string of the molecule is CCOC(=O)CCCN(C)C/C=C1/CN(C(C(=O)C2CC2)c2ccccc2F)CCC1S. The Bertz CT molecular complexity index is 827. The first-order valence-corrected chi connectivity index (χ1v) is 12.2. The normalized spacial score (nSPS) is 21.7. The number of esters is 1. The van der Waals surface area contributed by atoms with Gasteiger partial charge in [-0.1, -0.05) is 24.3 Å². The molecule has 0 bridgehead atoms. The summed E-state index contributed by atoms with van der Waals surface area (Å²) in [6.07, 6.45) is 5.99. The number of rotatable bonds is 11. The van der Waals surface area contributed by atoms with Crippen LogP contribution in [-0.2, 0) is 14.3 Å². The number of ether oxygens (including phenoxy) is 1. The number of ketones is 1. The number of piperidine rings is 1. The minimum atomic E-state index is -0.532. The van der Waals surface area contributed by atoms with Crippen molar-refractivity contribution in [2.45, 2.75) is 50.3 Å². The van der Waals surface area contributed by atoms with E-state index in [9.17, 15) is 14.0 Å². The van der Waals surface area contributed by atoms with Crippen LogP contribution in [0.15, 0.2) is 35.9 Å². The molecule has 3 rings (SSSR count). The van der Waals surface area contributed by atoms with Crippen molar-refractivity contribution in [3.8, 4) is 0 Å². The van der Waals surface area contributed by atoms with Gasteiger partial charge in [0.25, 0.3) is 0 Å². The number of nitrogens with zero attached hydrogens (tertiary/aromatic N) is 2. The summed E-state index contributed by atoms with van der Waals surface area (Å²) in [4.78, 5) is 28.9. The van der Waals surface area contributed by atoms with E-state index in [0.29, 0.717) is 25.1 Å². The van der Waals surface area contributed by atoms with Gasteiger partial charge in [0, 0.05) is 42.8 Å². The molecule has 0 N–H and O–H groups in total. The molecule has 0 amide bonds. The van der Waals surface area contributed by atoms with Crippen molar-refractivity contribution < 1.29 is 18.7 Å². The second kappa shape index (κ2) is 12.0. The van der Waals surface area contributed by atoms with Crippen molar-refractivity contribution in [3.05, 3.63) is 47.3 Å². The van der Waals surface area contributed by atoms with Gasteiger partial charge in [0.15, 0.2) is 5.78 Å². The topological polar surface area (TPSA) is 49.9 Å². The number of hydrogen-bond acceptors (Lipinski definition) is 6. The third-order valence-corrected chi connectivity index (χ3v) is 6.80. The predicted molar refractivity (Wildman–Crippen MR) is 127 cm³/mol. The number of benzene rings is 1. The summed E-state index contributed by atoms with van der Waals surface area (Å²) in [6, 6.07) is 6.12. The second-order valence-electron chi connectivity index (χ2n) is 8.83. The highest BCUT2D eigenvalue weighted by atomic mass is 32.1. The summed E-state index contributed by atoms with van der Waals surface area (Å²) in [6.45, 7) is 5.09. The zero-order chi connectivity index (χ0) is 23.1. The molecule has 0 radical (unpaired) electrons. The van der Waals surface area contributed by atoms with Crippen LogP contribution in [-0.4, -0.2) is 66.6 Å². The van der Waals surface area contributed by atoms with Gasteiger partial charge >= 0.3 is 5.97 Å². The van der Waals surface area contributed by atoms with Crippen molar-refractivity contribution in [3.63, 3.8) is 0 Å². The molecule has 1 saturated heterocycles. The molecule has 1 heterocycles. The van der Waals surface area contributed by atoms with E-state index in [2.05, 4.69) is 15.9 Å². The third-order valence-electron chi connectivity index (χ3n) is 6.21. The molecular formula is C25H35FN2O3S. The van der Waals surface area contributed by atoms with Crippen molar-refractivity contribution in [2.75, 3.05) is 39.8 Å². The van der Waals surface area contributed by atoms with Crippen molar-refractivity contribution >= 4 is 24.4 Å². The lowest BCUT2D eigenvalue weighted by Crippen LogP contribution is -2.43. The summed E-state index contributed by atoms with van der Waals surface area (Å²) in [7, 11) is 2.02. The first-order chi connectivity index (χ1) is 15.4. The molecule has 2 aliphatic rings. The van der Waals surface area contributed by atoms with Crippen LogP contribution in [0.1, 0.15) is 50.6 Å². The van der Waals surface area contributed by atoms with Gasteiger partial charge in [0.05, 0.1) is 12.6 Å². The molecule has 0 spiro atoms. The van der Waals surface area contributed by atoms with Gasteiger partial charge < -0.3 is 9.64 Å². The van der Waals surface area contributed by atoms with Gasteiger partial charge in [-0.15, -0.1) is 0 Å². The molecule has 1 aliphatic carbocycles. The van der Waals surface area contributed by atoms with E-state index in [1.165, 1.54) is 11.6 Å². The van der Waals surface area contributed by atoms with E-state index >= 15 is 0 Å². The molecule has 1 aliphatic heterocycles. The summed E-state index contributed by atoms with van der Waals surface area (Å²) in [5.74, 6) is -0.266. The number of hydrogen-bond donors (Lipinski definition) is 1. The van der Waals surface area contributed by atoms with Crippen LogP contribution in [0.5, 0.6) is 0 Å². The molecule has 1 aromatic carbocycles. The van der Waals surface area contributed by atoms with E-state index in [4.69, 9.17) is 17.4 Å². The molecule has 7 heteroatoms. The van der Waals surface area contributed by atoms with Crippen molar-refractivity contribution in [2.24, 2.45) is 5.92 Å². The highest BCUT2D eigenvalue weighted by Crippen LogP contribution is 2.39. The van der Waals surface area contributed by atoms with E-state index in [1.54, 1.807) is 18.2 Å². The average molecular weight is 463 g/mol. The standard InChI is InChI=1S/C25H35FN2O3S/c1-3-31-23(29)9-6-14-27(2)15-12-19-17-28(16-13-22(19)32)24(25(30)18-10-11-18)20-7-4-5-8-21(20)26/h4-5,7-8,12,18,22,24,32H,3,6,9-11,13-17H2,1-2H3/b19-12-. The van der Waals surface area contributed by atoms with Gasteiger partial charge in [-0.2, -0.15) is 12.6 Å². The first-order valence-electron chi connectivity index (χ1n) is 11.6. The third kappa shape index (κ3) is 6.90. The van der Waals surface area contributed by atoms with Crippen molar-refractivity contribution in [1.82, 2.24) is 9.80 Å². The zero-order valence-electron chi connectivity index (χ0n) is 19.1. The fraction of sp³-hybridized carbons (Fsp3) is 0.600. The van der Waals surface area contributed by atoms with E-state index < -0.39 is 6.04 Å². The van der Waals surface area contributed by atoms with Crippen LogP contribution in [0.3, 0.4) is 0 Å². The fourth-order valence-electron chi connectivity index (χ4n) is 4.22. The molecule has 2 atom stereocenters. The lowest BCUT2D eigenvalue weighted by Gasteiger charge is -2.38. The summed E-state index contributed by atoms with van der Waals surface area (Å²) >= 11 is 4.77. The Kier molecular flexibility index (Phi) is 9.32. The van der Waals surface area contributed by atoms with Gasteiger partial charge in [-0.3, -0.25) is 14.5 Å². The number of carbonyl (C=O) groups excluding carboxylic acids is 2. The minimum absolute atomic E-state index is 0.0614. The first kappa shape index (κ1) is 24.9.